The molecule has 2 saturated heterocycles. The minimum Gasteiger partial charge on any atom is -0.388 e. The van der Waals surface area contributed by atoms with Gasteiger partial charge in [-0.25, -0.2) is 0 Å². The monoisotopic (exact) mass is 188 g/mol. The summed E-state index contributed by atoms with van der Waals surface area (Å²) in [6, 6.07) is 0. The van der Waals surface area contributed by atoms with E-state index in [-0.39, 0.29) is 24.4 Å². The van der Waals surface area contributed by atoms with Gasteiger partial charge in [-0.1, -0.05) is 0 Å². The molecule has 0 amide bonds. The molecule has 0 aromatic carbocycles. The number of hydrogen-bond acceptors (Lipinski definition) is 4. The van der Waals surface area contributed by atoms with Gasteiger partial charge in [-0.15, -0.1) is 0 Å². The molecular formula is C9H16O4. The second-order valence-corrected chi connectivity index (χ2v) is 3.89. The zero-order chi connectivity index (χ0) is 9.42. The molecule has 4 nitrogen and oxygen atoms in total. The highest BCUT2D eigenvalue weighted by atomic mass is 16.6. The highest BCUT2D eigenvalue weighted by Crippen LogP contribution is 2.29. The van der Waals surface area contributed by atoms with Crippen LogP contribution < -0.4 is 0 Å². The molecule has 0 aliphatic carbocycles. The molecular weight excluding hydrogens is 172 g/mol. The fraction of sp³-hybridized carbons (Fsp3) is 1.00. The summed E-state index contributed by atoms with van der Waals surface area (Å²) in [7, 11) is 0. The normalized spacial score (nSPS) is 44.3. The van der Waals surface area contributed by atoms with Gasteiger partial charge < -0.3 is 19.3 Å². The lowest BCUT2D eigenvalue weighted by molar-refractivity contribution is -0.0607. The molecule has 2 fully saturated rings. The second-order valence-electron chi connectivity index (χ2n) is 3.89. The van der Waals surface area contributed by atoms with Crippen LogP contribution in [0, 0.1) is 0 Å². The van der Waals surface area contributed by atoms with Gasteiger partial charge in [-0.05, 0) is 13.8 Å². The summed E-state index contributed by atoms with van der Waals surface area (Å²) in [6.07, 6.45) is -0.567. The van der Waals surface area contributed by atoms with E-state index in [4.69, 9.17) is 14.2 Å². The van der Waals surface area contributed by atoms with E-state index in [9.17, 15) is 5.11 Å². The first-order valence-corrected chi connectivity index (χ1v) is 4.75. The number of ether oxygens (including phenoxy) is 3. The maximum Gasteiger partial charge on any atom is 0.115 e. The van der Waals surface area contributed by atoms with Crippen molar-refractivity contribution in [3.05, 3.63) is 0 Å². The van der Waals surface area contributed by atoms with Crippen LogP contribution in [0.5, 0.6) is 0 Å². The van der Waals surface area contributed by atoms with E-state index in [2.05, 4.69) is 0 Å². The summed E-state index contributed by atoms with van der Waals surface area (Å²) in [5, 5.41) is 9.45. The largest absolute Gasteiger partial charge is 0.388 e. The Bertz CT molecular complexity index is 182. The van der Waals surface area contributed by atoms with E-state index < -0.39 is 6.10 Å². The maximum atomic E-state index is 9.45. The summed E-state index contributed by atoms with van der Waals surface area (Å²) in [6.45, 7) is 4.87. The number of fused-ring (bicyclic) bond motifs is 1. The summed E-state index contributed by atoms with van der Waals surface area (Å²) >= 11 is 0. The van der Waals surface area contributed by atoms with Crippen molar-refractivity contribution in [2.24, 2.45) is 0 Å². The van der Waals surface area contributed by atoms with Crippen LogP contribution in [0.1, 0.15) is 13.8 Å². The minimum absolute atomic E-state index is 0.0119. The van der Waals surface area contributed by atoms with Crippen LogP contribution in [0.25, 0.3) is 0 Å². The van der Waals surface area contributed by atoms with Gasteiger partial charge in [0, 0.05) is 0 Å². The van der Waals surface area contributed by atoms with Gasteiger partial charge >= 0.3 is 0 Å². The quantitative estimate of drug-likeness (QED) is 0.659. The van der Waals surface area contributed by atoms with Crippen molar-refractivity contribution in [2.75, 3.05) is 13.2 Å². The molecule has 13 heavy (non-hydrogen) atoms. The van der Waals surface area contributed by atoms with E-state index in [1.807, 2.05) is 13.8 Å². The topological polar surface area (TPSA) is 47.9 Å². The molecule has 0 saturated carbocycles. The Morgan fingerprint density at radius 2 is 1.92 bits per heavy atom. The molecule has 0 aromatic heterocycles. The van der Waals surface area contributed by atoms with Crippen molar-refractivity contribution in [1.82, 2.24) is 0 Å². The first-order chi connectivity index (χ1) is 6.18. The third kappa shape index (κ3) is 1.72. The van der Waals surface area contributed by atoms with Gasteiger partial charge in [0.25, 0.3) is 0 Å². The maximum absolute atomic E-state index is 9.45. The SMILES string of the molecule is CC(C)O[C@H]1CO[C@H]2[C@@H]1OC[C@@H]2O. The molecule has 1 N–H and O–H groups in total. The second kappa shape index (κ2) is 3.53. The molecule has 0 bridgehead atoms. The lowest BCUT2D eigenvalue weighted by Gasteiger charge is -2.18. The van der Waals surface area contributed by atoms with E-state index in [1.165, 1.54) is 0 Å². The molecule has 2 aliphatic heterocycles. The Kier molecular flexibility index (Phi) is 2.55. The van der Waals surface area contributed by atoms with Crippen LogP contribution in [0.15, 0.2) is 0 Å². The Morgan fingerprint density at radius 3 is 2.62 bits per heavy atom. The van der Waals surface area contributed by atoms with Crippen molar-refractivity contribution < 1.29 is 19.3 Å². The summed E-state index contributed by atoms with van der Waals surface area (Å²) in [5.41, 5.74) is 0. The van der Waals surface area contributed by atoms with Gasteiger partial charge in [0.05, 0.1) is 19.3 Å². The first-order valence-electron chi connectivity index (χ1n) is 4.75. The Morgan fingerprint density at radius 1 is 1.23 bits per heavy atom. The molecule has 2 heterocycles. The van der Waals surface area contributed by atoms with Gasteiger partial charge in [-0.2, -0.15) is 0 Å². The number of aliphatic hydroxyl groups excluding tert-OH is 1. The van der Waals surface area contributed by atoms with Gasteiger partial charge in [-0.3, -0.25) is 0 Å². The fourth-order valence-corrected chi connectivity index (χ4v) is 1.91. The zero-order valence-corrected chi connectivity index (χ0v) is 7.97. The van der Waals surface area contributed by atoms with Crippen molar-refractivity contribution >= 4 is 0 Å². The smallest absolute Gasteiger partial charge is 0.115 e. The Labute approximate surface area is 77.8 Å². The van der Waals surface area contributed by atoms with E-state index in [0.717, 1.165) is 0 Å². The summed E-state index contributed by atoms with van der Waals surface area (Å²) in [5.74, 6) is 0. The van der Waals surface area contributed by atoms with E-state index in [0.29, 0.717) is 13.2 Å². The first kappa shape index (κ1) is 9.40. The van der Waals surface area contributed by atoms with Gasteiger partial charge in [0.15, 0.2) is 0 Å². The lowest BCUT2D eigenvalue weighted by Crippen LogP contribution is -2.34. The number of rotatable bonds is 2. The average molecular weight is 188 g/mol. The fourth-order valence-electron chi connectivity index (χ4n) is 1.91. The average Bonchev–Trinajstić information content (AvgIpc) is 2.56. The lowest BCUT2D eigenvalue weighted by atomic mass is 10.1. The number of hydrogen-bond donors (Lipinski definition) is 1. The third-order valence-corrected chi connectivity index (χ3v) is 2.43. The molecule has 0 radical (unpaired) electrons. The van der Waals surface area contributed by atoms with Crippen LogP contribution in [-0.4, -0.2) is 48.8 Å². The van der Waals surface area contributed by atoms with Crippen molar-refractivity contribution in [1.29, 1.82) is 0 Å². The molecule has 0 unspecified atom stereocenters. The van der Waals surface area contributed by atoms with Crippen LogP contribution in [-0.2, 0) is 14.2 Å². The third-order valence-electron chi connectivity index (χ3n) is 2.43. The van der Waals surface area contributed by atoms with Crippen molar-refractivity contribution in [3.63, 3.8) is 0 Å². The molecule has 0 aromatic rings. The van der Waals surface area contributed by atoms with Crippen LogP contribution in [0.4, 0.5) is 0 Å². The molecule has 4 heteroatoms. The van der Waals surface area contributed by atoms with Gasteiger partial charge in [0.2, 0.25) is 0 Å². The van der Waals surface area contributed by atoms with Crippen molar-refractivity contribution in [2.45, 2.75) is 44.4 Å². The van der Waals surface area contributed by atoms with Crippen LogP contribution in [0.3, 0.4) is 0 Å². The summed E-state index contributed by atoms with van der Waals surface area (Å²) in [4.78, 5) is 0. The predicted octanol–water partition coefficient (Wildman–Crippen LogP) is -0.0615. The molecule has 2 rings (SSSR count). The minimum atomic E-state index is -0.481. The Hall–Kier alpha value is -0.160. The van der Waals surface area contributed by atoms with Crippen LogP contribution in [0.2, 0.25) is 0 Å². The van der Waals surface area contributed by atoms with Crippen molar-refractivity contribution in [3.8, 4) is 0 Å². The molecule has 4 atom stereocenters. The molecule has 0 spiro atoms. The zero-order valence-electron chi connectivity index (χ0n) is 7.97. The molecule has 2 aliphatic rings. The predicted molar refractivity (Wildman–Crippen MR) is 45.5 cm³/mol. The Balaban J connectivity index is 1.94. The standard InChI is InChI=1S/C9H16O4/c1-5(2)13-7-4-12-8-6(10)3-11-9(7)8/h5-10H,3-4H2,1-2H3/t6-,7-,8+,9+/m0/s1. The molecule has 76 valence electrons. The highest BCUT2D eigenvalue weighted by Gasteiger charge is 2.47. The highest BCUT2D eigenvalue weighted by molar-refractivity contribution is 4.95. The van der Waals surface area contributed by atoms with Gasteiger partial charge in [0.1, 0.15) is 24.4 Å². The van der Waals surface area contributed by atoms with Crippen LogP contribution >= 0.6 is 0 Å². The summed E-state index contributed by atoms with van der Waals surface area (Å²) < 4.78 is 16.4. The number of aliphatic hydroxyl groups is 1. The van der Waals surface area contributed by atoms with E-state index in [1.54, 1.807) is 0 Å². The van der Waals surface area contributed by atoms with E-state index >= 15 is 0 Å².